The Morgan fingerprint density at radius 3 is 2.43 bits per heavy atom. The summed E-state index contributed by atoms with van der Waals surface area (Å²) >= 11 is 1.64. The SMILES string of the molecule is CCc1ccccc1N1C(=O)CS[C@H]1c1ccc(NC(=O)Cc2ccccc2)cc1. The summed E-state index contributed by atoms with van der Waals surface area (Å²) in [6, 6.07) is 25.6. The van der Waals surface area contributed by atoms with Gasteiger partial charge in [0.05, 0.1) is 12.2 Å². The molecule has 3 aromatic carbocycles. The van der Waals surface area contributed by atoms with Gasteiger partial charge < -0.3 is 5.32 Å². The Labute approximate surface area is 181 Å². The van der Waals surface area contributed by atoms with Crippen LogP contribution in [0, 0.1) is 0 Å². The van der Waals surface area contributed by atoms with E-state index in [9.17, 15) is 9.59 Å². The van der Waals surface area contributed by atoms with E-state index in [4.69, 9.17) is 0 Å². The van der Waals surface area contributed by atoms with Crippen LogP contribution in [0.25, 0.3) is 0 Å². The summed E-state index contributed by atoms with van der Waals surface area (Å²) in [4.78, 5) is 26.9. The number of amides is 2. The number of anilines is 2. The van der Waals surface area contributed by atoms with E-state index in [1.54, 1.807) is 11.8 Å². The average Bonchev–Trinajstić information content (AvgIpc) is 3.16. The van der Waals surface area contributed by atoms with Crippen LogP contribution in [0.4, 0.5) is 11.4 Å². The molecular weight excluding hydrogens is 392 g/mol. The topological polar surface area (TPSA) is 49.4 Å². The van der Waals surface area contributed by atoms with Crippen molar-refractivity contribution in [2.24, 2.45) is 0 Å². The fourth-order valence-corrected chi connectivity index (χ4v) is 4.86. The molecule has 1 fully saturated rings. The summed E-state index contributed by atoms with van der Waals surface area (Å²) in [6.07, 6.45) is 1.22. The monoisotopic (exact) mass is 416 g/mol. The van der Waals surface area contributed by atoms with Gasteiger partial charge in [0, 0.05) is 11.4 Å². The number of hydrogen-bond acceptors (Lipinski definition) is 3. The Kier molecular flexibility index (Phi) is 6.19. The molecule has 152 valence electrons. The maximum absolute atomic E-state index is 12.7. The Morgan fingerprint density at radius 2 is 1.70 bits per heavy atom. The first kappa shape index (κ1) is 20.2. The highest BCUT2D eigenvalue weighted by Gasteiger charge is 2.34. The van der Waals surface area contributed by atoms with E-state index in [0.29, 0.717) is 12.2 Å². The molecule has 5 heteroatoms. The maximum atomic E-state index is 12.7. The molecule has 0 radical (unpaired) electrons. The van der Waals surface area contributed by atoms with E-state index in [-0.39, 0.29) is 17.2 Å². The van der Waals surface area contributed by atoms with Gasteiger partial charge in [0.25, 0.3) is 0 Å². The number of aryl methyl sites for hydroxylation is 1. The predicted octanol–water partition coefficient (Wildman–Crippen LogP) is 5.21. The highest BCUT2D eigenvalue weighted by atomic mass is 32.2. The summed E-state index contributed by atoms with van der Waals surface area (Å²) in [6.45, 7) is 2.11. The summed E-state index contributed by atoms with van der Waals surface area (Å²) < 4.78 is 0. The van der Waals surface area contributed by atoms with E-state index in [0.717, 1.165) is 28.9 Å². The van der Waals surface area contributed by atoms with E-state index in [1.807, 2.05) is 77.7 Å². The van der Waals surface area contributed by atoms with Crippen LogP contribution in [0.1, 0.15) is 29.0 Å². The molecule has 1 heterocycles. The van der Waals surface area contributed by atoms with E-state index < -0.39 is 0 Å². The zero-order valence-corrected chi connectivity index (χ0v) is 17.7. The zero-order chi connectivity index (χ0) is 20.9. The van der Waals surface area contributed by atoms with Gasteiger partial charge in [-0.25, -0.2) is 0 Å². The third-order valence-corrected chi connectivity index (χ3v) is 6.40. The second kappa shape index (κ2) is 9.18. The van der Waals surface area contributed by atoms with Crippen molar-refractivity contribution in [3.05, 3.63) is 95.6 Å². The van der Waals surface area contributed by atoms with Crippen LogP contribution in [-0.2, 0) is 22.4 Å². The largest absolute Gasteiger partial charge is 0.326 e. The minimum Gasteiger partial charge on any atom is -0.326 e. The van der Waals surface area contributed by atoms with Crippen molar-refractivity contribution >= 4 is 35.0 Å². The predicted molar refractivity (Wildman–Crippen MR) is 124 cm³/mol. The van der Waals surface area contributed by atoms with E-state index in [1.165, 1.54) is 5.56 Å². The molecule has 0 spiro atoms. The standard InChI is InChI=1S/C25H24N2O2S/c1-2-19-10-6-7-11-22(19)27-24(29)17-30-25(27)20-12-14-21(15-13-20)26-23(28)16-18-8-4-3-5-9-18/h3-15,25H,2,16-17H2,1H3,(H,26,28)/t25-/m0/s1. The molecule has 0 aromatic heterocycles. The van der Waals surface area contributed by atoms with Gasteiger partial charge in [0.15, 0.2) is 0 Å². The normalized spacial score (nSPS) is 16.0. The molecule has 3 aromatic rings. The van der Waals surface area contributed by atoms with Crippen molar-refractivity contribution < 1.29 is 9.59 Å². The lowest BCUT2D eigenvalue weighted by Crippen LogP contribution is -2.28. The third-order valence-electron chi connectivity index (χ3n) is 5.19. The quantitative estimate of drug-likeness (QED) is 0.600. The van der Waals surface area contributed by atoms with Crippen molar-refractivity contribution in [1.82, 2.24) is 0 Å². The highest BCUT2D eigenvalue weighted by Crippen LogP contribution is 2.43. The summed E-state index contributed by atoms with van der Waals surface area (Å²) in [5, 5.41) is 2.90. The van der Waals surface area contributed by atoms with Gasteiger partial charge in [-0.15, -0.1) is 11.8 Å². The molecule has 0 saturated carbocycles. The molecule has 0 unspecified atom stereocenters. The molecule has 4 nitrogen and oxygen atoms in total. The maximum Gasteiger partial charge on any atom is 0.238 e. The molecule has 1 N–H and O–H groups in total. The van der Waals surface area contributed by atoms with Crippen LogP contribution in [0.5, 0.6) is 0 Å². The minimum atomic E-state index is -0.0562. The summed E-state index contributed by atoms with van der Waals surface area (Å²) in [5.41, 5.74) is 4.95. The first-order chi connectivity index (χ1) is 14.7. The van der Waals surface area contributed by atoms with E-state index >= 15 is 0 Å². The molecule has 30 heavy (non-hydrogen) atoms. The second-order valence-electron chi connectivity index (χ2n) is 7.24. The summed E-state index contributed by atoms with van der Waals surface area (Å²) in [7, 11) is 0. The van der Waals surface area contributed by atoms with Crippen LogP contribution in [-0.4, -0.2) is 17.6 Å². The van der Waals surface area contributed by atoms with Crippen LogP contribution >= 0.6 is 11.8 Å². The van der Waals surface area contributed by atoms with Crippen LogP contribution in [0.15, 0.2) is 78.9 Å². The first-order valence-electron chi connectivity index (χ1n) is 10.1. The molecule has 1 aliphatic heterocycles. The lowest BCUT2D eigenvalue weighted by molar-refractivity contribution is -0.116. The van der Waals surface area contributed by atoms with E-state index in [2.05, 4.69) is 18.3 Å². The second-order valence-corrected chi connectivity index (χ2v) is 8.31. The number of carbonyl (C=O) groups is 2. The number of rotatable bonds is 6. The molecule has 2 amide bonds. The molecular formula is C25H24N2O2S. The van der Waals surface area contributed by atoms with Crippen molar-refractivity contribution in [1.29, 1.82) is 0 Å². The molecule has 4 rings (SSSR count). The first-order valence-corrected chi connectivity index (χ1v) is 11.2. The number of carbonyl (C=O) groups excluding carboxylic acids is 2. The van der Waals surface area contributed by atoms with Gasteiger partial charge in [-0.3, -0.25) is 14.5 Å². The molecule has 0 bridgehead atoms. The van der Waals surface area contributed by atoms with Gasteiger partial charge >= 0.3 is 0 Å². The minimum absolute atomic E-state index is 0.0436. The van der Waals surface area contributed by atoms with Crippen molar-refractivity contribution in [3.8, 4) is 0 Å². The number of hydrogen-bond donors (Lipinski definition) is 1. The van der Waals surface area contributed by atoms with Gasteiger partial charge in [-0.1, -0.05) is 67.6 Å². The van der Waals surface area contributed by atoms with Crippen LogP contribution in [0.2, 0.25) is 0 Å². The number of nitrogens with zero attached hydrogens (tertiary/aromatic N) is 1. The number of thioether (sulfide) groups is 1. The average molecular weight is 417 g/mol. The van der Waals surface area contributed by atoms with Gasteiger partial charge in [-0.2, -0.15) is 0 Å². The smallest absolute Gasteiger partial charge is 0.238 e. The lowest BCUT2D eigenvalue weighted by atomic mass is 10.1. The van der Waals surface area contributed by atoms with Gasteiger partial charge in [0.1, 0.15) is 5.37 Å². The molecule has 0 aliphatic carbocycles. The Balaban J connectivity index is 1.49. The van der Waals surface area contributed by atoms with Crippen molar-refractivity contribution in [2.75, 3.05) is 16.0 Å². The highest BCUT2D eigenvalue weighted by molar-refractivity contribution is 8.00. The Hall–Kier alpha value is -3.05. The molecule has 1 aliphatic rings. The fourth-order valence-electron chi connectivity index (χ4n) is 3.69. The fraction of sp³-hybridized carbons (Fsp3) is 0.200. The molecule has 1 saturated heterocycles. The van der Waals surface area contributed by atoms with Crippen molar-refractivity contribution in [3.63, 3.8) is 0 Å². The van der Waals surface area contributed by atoms with Gasteiger partial charge in [-0.05, 0) is 41.3 Å². The van der Waals surface area contributed by atoms with Gasteiger partial charge in [0.2, 0.25) is 11.8 Å². The van der Waals surface area contributed by atoms with Crippen LogP contribution in [0.3, 0.4) is 0 Å². The Morgan fingerprint density at radius 1 is 1.00 bits per heavy atom. The summed E-state index contributed by atoms with van der Waals surface area (Å²) in [5.74, 6) is 0.558. The number of benzene rings is 3. The number of nitrogens with one attached hydrogen (secondary N) is 1. The molecule has 1 atom stereocenters. The zero-order valence-electron chi connectivity index (χ0n) is 16.9. The Bertz CT molecular complexity index is 1030. The van der Waals surface area contributed by atoms with Crippen molar-refractivity contribution in [2.45, 2.75) is 25.1 Å². The van der Waals surface area contributed by atoms with Crippen LogP contribution < -0.4 is 10.2 Å². The lowest BCUT2D eigenvalue weighted by Gasteiger charge is -2.26. The third kappa shape index (κ3) is 4.41. The number of para-hydroxylation sites is 1.